The van der Waals surface area contributed by atoms with Gasteiger partial charge in [-0.2, -0.15) is 0 Å². The standard InChI is InChI=1S/C29H41N5O5/c1-33-20-30-19-23(33)12-15-31-28(38)32-25(18-21-8-10-24(39-2)11-9-21)26(35)34-16-13-29(14-17-34,27(36)37)22-6-4-3-5-7-22/h8-11,19-20,22,25H,3-7,12-18H2,1-2H3,(H,36,37)(H2,31,32,38)/t25-/m1/s1. The van der Waals surface area contributed by atoms with E-state index >= 15 is 0 Å². The van der Waals surface area contributed by atoms with Crippen LogP contribution in [0, 0.1) is 11.3 Å². The third kappa shape index (κ3) is 6.91. The summed E-state index contributed by atoms with van der Waals surface area (Å²) < 4.78 is 7.14. The number of likely N-dealkylation sites (tertiary alicyclic amines) is 1. The summed E-state index contributed by atoms with van der Waals surface area (Å²) in [4.78, 5) is 44.8. The van der Waals surface area contributed by atoms with Crippen LogP contribution in [-0.2, 0) is 29.5 Å². The molecule has 1 aromatic heterocycles. The Balaban J connectivity index is 1.41. The molecule has 2 aromatic rings. The van der Waals surface area contributed by atoms with E-state index in [0.717, 1.165) is 36.9 Å². The number of imidazole rings is 1. The number of carboxylic acids is 1. The van der Waals surface area contributed by atoms with Crippen molar-refractivity contribution in [2.75, 3.05) is 26.7 Å². The smallest absolute Gasteiger partial charge is 0.315 e. The number of benzene rings is 1. The molecule has 10 heteroatoms. The molecule has 2 fully saturated rings. The molecular formula is C29H41N5O5. The molecule has 0 radical (unpaired) electrons. The number of nitrogens with one attached hydrogen (secondary N) is 2. The first-order valence-electron chi connectivity index (χ1n) is 14.0. The summed E-state index contributed by atoms with van der Waals surface area (Å²) in [6.45, 7) is 1.16. The Hall–Kier alpha value is -3.56. The third-order valence-corrected chi connectivity index (χ3v) is 8.57. The number of hydrogen-bond donors (Lipinski definition) is 3. The molecule has 39 heavy (non-hydrogen) atoms. The first-order valence-corrected chi connectivity index (χ1v) is 14.0. The predicted molar refractivity (Wildman–Crippen MR) is 146 cm³/mol. The summed E-state index contributed by atoms with van der Waals surface area (Å²) in [6, 6.07) is 6.24. The Morgan fingerprint density at radius 1 is 1.13 bits per heavy atom. The van der Waals surface area contributed by atoms with Gasteiger partial charge in [0.1, 0.15) is 11.8 Å². The van der Waals surface area contributed by atoms with E-state index in [1.54, 1.807) is 24.5 Å². The van der Waals surface area contributed by atoms with Gasteiger partial charge in [-0.3, -0.25) is 9.59 Å². The van der Waals surface area contributed by atoms with E-state index in [2.05, 4.69) is 15.6 Å². The van der Waals surface area contributed by atoms with Crippen molar-refractivity contribution in [1.29, 1.82) is 0 Å². The number of urea groups is 1. The molecule has 1 saturated heterocycles. The van der Waals surface area contributed by atoms with Crippen molar-refractivity contribution < 1.29 is 24.2 Å². The van der Waals surface area contributed by atoms with E-state index in [9.17, 15) is 19.5 Å². The normalized spacial score (nSPS) is 18.3. The molecule has 0 unspecified atom stereocenters. The molecule has 0 bridgehead atoms. The van der Waals surface area contributed by atoms with Gasteiger partial charge < -0.3 is 29.9 Å². The quantitative estimate of drug-likeness (QED) is 0.426. The molecular weight excluding hydrogens is 498 g/mol. The summed E-state index contributed by atoms with van der Waals surface area (Å²) in [5, 5.41) is 15.9. The summed E-state index contributed by atoms with van der Waals surface area (Å²) in [7, 11) is 3.50. The molecule has 2 heterocycles. The van der Waals surface area contributed by atoms with Gasteiger partial charge in [0.25, 0.3) is 0 Å². The maximum absolute atomic E-state index is 13.7. The van der Waals surface area contributed by atoms with Gasteiger partial charge >= 0.3 is 12.0 Å². The highest BCUT2D eigenvalue weighted by atomic mass is 16.5. The second-order valence-electron chi connectivity index (χ2n) is 10.9. The number of rotatable bonds is 10. The van der Waals surface area contributed by atoms with E-state index in [0.29, 0.717) is 51.1 Å². The molecule has 212 valence electrons. The largest absolute Gasteiger partial charge is 0.497 e. The van der Waals surface area contributed by atoms with Crippen LogP contribution in [0.4, 0.5) is 4.79 Å². The first kappa shape index (κ1) is 28.4. The lowest BCUT2D eigenvalue weighted by molar-refractivity contribution is -0.160. The van der Waals surface area contributed by atoms with Crippen molar-refractivity contribution in [1.82, 2.24) is 25.1 Å². The number of nitrogens with zero attached hydrogens (tertiary/aromatic N) is 3. The average molecular weight is 540 g/mol. The number of piperidine rings is 1. The summed E-state index contributed by atoms with van der Waals surface area (Å²) >= 11 is 0. The number of hydrogen-bond acceptors (Lipinski definition) is 5. The van der Waals surface area contributed by atoms with Crippen LogP contribution in [0.5, 0.6) is 5.75 Å². The highest BCUT2D eigenvalue weighted by Gasteiger charge is 2.48. The minimum atomic E-state index is -0.776. The van der Waals surface area contributed by atoms with Crippen LogP contribution in [-0.4, -0.2) is 70.3 Å². The van der Waals surface area contributed by atoms with Gasteiger partial charge in [-0.05, 0) is 49.3 Å². The number of methoxy groups -OCH3 is 1. The summed E-state index contributed by atoms with van der Waals surface area (Å²) in [5.74, 6) is -0.0388. The zero-order valence-corrected chi connectivity index (χ0v) is 23.0. The SMILES string of the molecule is COc1ccc(C[C@@H](NC(=O)NCCc2cncn2C)C(=O)N2CCC(C(=O)O)(C3CCCCC3)CC2)cc1. The van der Waals surface area contributed by atoms with Gasteiger partial charge in [0.05, 0.1) is 18.9 Å². The summed E-state index contributed by atoms with van der Waals surface area (Å²) in [6.07, 6.45) is 10.5. The third-order valence-electron chi connectivity index (χ3n) is 8.57. The molecule has 4 rings (SSSR count). The van der Waals surface area contributed by atoms with E-state index in [1.165, 1.54) is 6.42 Å². The van der Waals surface area contributed by atoms with Crippen molar-refractivity contribution in [2.45, 2.75) is 63.8 Å². The van der Waals surface area contributed by atoms with Crippen molar-refractivity contribution in [3.05, 3.63) is 48.0 Å². The number of aliphatic carboxylic acids is 1. The lowest BCUT2D eigenvalue weighted by atomic mass is 9.64. The minimum Gasteiger partial charge on any atom is -0.497 e. The number of carboxylic acid groups (broad SMARTS) is 1. The van der Waals surface area contributed by atoms with Crippen LogP contribution in [0.2, 0.25) is 0 Å². The molecule has 10 nitrogen and oxygen atoms in total. The molecule has 1 aliphatic heterocycles. The van der Waals surface area contributed by atoms with Crippen LogP contribution in [0.3, 0.4) is 0 Å². The van der Waals surface area contributed by atoms with Gasteiger partial charge in [-0.25, -0.2) is 9.78 Å². The monoisotopic (exact) mass is 539 g/mol. The highest BCUT2D eigenvalue weighted by Crippen LogP contribution is 2.46. The predicted octanol–water partition coefficient (Wildman–Crippen LogP) is 3.16. The molecule has 3 amide bonds. The fraction of sp³-hybridized carbons (Fsp3) is 0.586. The Bertz CT molecular complexity index is 1120. The van der Waals surface area contributed by atoms with Gasteiger partial charge in [0, 0.05) is 51.4 Å². The van der Waals surface area contributed by atoms with Gasteiger partial charge in [0.15, 0.2) is 0 Å². The number of aryl methyl sites for hydroxylation is 1. The second-order valence-corrected chi connectivity index (χ2v) is 10.9. The number of amides is 3. The zero-order valence-electron chi connectivity index (χ0n) is 23.0. The van der Waals surface area contributed by atoms with E-state index in [1.807, 2.05) is 35.9 Å². The Labute approximate surface area is 230 Å². The fourth-order valence-corrected chi connectivity index (χ4v) is 6.13. The molecule has 1 aliphatic carbocycles. The molecule has 1 aromatic carbocycles. The lowest BCUT2D eigenvalue weighted by Crippen LogP contribution is -2.56. The van der Waals surface area contributed by atoms with Crippen molar-refractivity contribution in [3.8, 4) is 5.75 Å². The van der Waals surface area contributed by atoms with Crippen molar-refractivity contribution >= 4 is 17.9 Å². The number of carbonyl (C=O) groups excluding carboxylic acids is 2. The summed E-state index contributed by atoms with van der Waals surface area (Å²) in [5.41, 5.74) is 1.12. The highest BCUT2D eigenvalue weighted by molar-refractivity contribution is 5.87. The Kier molecular flexibility index (Phi) is 9.48. The lowest BCUT2D eigenvalue weighted by Gasteiger charge is -2.45. The molecule has 2 aliphatic rings. The number of carbonyl (C=O) groups is 3. The second kappa shape index (κ2) is 13.0. The Morgan fingerprint density at radius 3 is 2.41 bits per heavy atom. The first-order chi connectivity index (χ1) is 18.8. The van der Waals surface area contributed by atoms with Gasteiger partial charge in [-0.1, -0.05) is 31.4 Å². The van der Waals surface area contributed by atoms with Crippen LogP contribution < -0.4 is 15.4 Å². The van der Waals surface area contributed by atoms with Crippen LogP contribution >= 0.6 is 0 Å². The number of ether oxygens (including phenoxy) is 1. The molecule has 3 N–H and O–H groups in total. The van der Waals surface area contributed by atoms with Gasteiger partial charge in [-0.15, -0.1) is 0 Å². The number of aromatic nitrogens is 2. The van der Waals surface area contributed by atoms with E-state index in [4.69, 9.17) is 4.74 Å². The fourth-order valence-electron chi connectivity index (χ4n) is 6.13. The van der Waals surface area contributed by atoms with Crippen LogP contribution in [0.1, 0.15) is 56.2 Å². The van der Waals surface area contributed by atoms with Crippen LogP contribution in [0.25, 0.3) is 0 Å². The molecule has 1 atom stereocenters. The van der Waals surface area contributed by atoms with Crippen LogP contribution in [0.15, 0.2) is 36.8 Å². The van der Waals surface area contributed by atoms with E-state index in [-0.39, 0.29) is 11.8 Å². The molecule has 0 spiro atoms. The maximum Gasteiger partial charge on any atom is 0.315 e. The van der Waals surface area contributed by atoms with Crippen molar-refractivity contribution in [3.63, 3.8) is 0 Å². The zero-order chi connectivity index (χ0) is 27.8. The topological polar surface area (TPSA) is 126 Å². The Morgan fingerprint density at radius 2 is 1.82 bits per heavy atom. The molecule has 1 saturated carbocycles. The maximum atomic E-state index is 13.7. The van der Waals surface area contributed by atoms with E-state index < -0.39 is 23.5 Å². The van der Waals surface area contributed by atoms with Gasteiger partial charge in [0.2, 0.25) is 5.91 Å². The average Bonchev–Trinajstić information content (AvgIpc) is 3.37. The van der Waals surface area contributed by atoms with Crippen molar-refractivity contribution in [2.24, 2.45) is 18.4 Å². The minimum absolute atomic E-state index is 0.166.